The summed E-state index contributed by atoms with van der Waals surface area (Å²) in [5, 5.41) is 0. The van der Waals surface area contributed by atoms with E-state index in [1.54, 1.807) is 19.2 Å². The van der Waals surface area contributed by atoms with Gasteiger partial charge in [-0.05, 0) is 18.6 Å². The SMILES string of the molecule is C=C(C)C(=O)c1cncc(OC)c1. The van der Waals surface area contributed by atoms with Gasteiger partial charge in [-0.25, -0.2) is 0 Å². The molecule has 0 unspecified atom stereocenters. The van der Waals surface area contributed by atoms with E-state index in [1.165, 1.54) is 13.3 Å². The number of rotatable bonds is 3. The Bertz CT molecular complexity index is 345. The number of pyridine rings is 1. The maximum absolute atomic E-state index is 11.4. The van der Waals surface area contributed by atoms with Crippen LogP contribution in [-0.2, 0) is 0 Å². The number of hydrogen-bond donors (Lipinski definition) is 0. The zero-order chi connectivity index (χ0) is 9.84. The fourth-order valence-corrected chi connectivity index (χ4v) is 0.901. The van der Waals surface area contributed by atoms with Gasteiger partial charge in [-0.3, -0.25) is 9.78 Å². The summed E-state index contributed by atoms with van der Waals surface area (Å²) in [5.41, 5.74) is 1.00. The third-order valence-corrected chi connectivity index (χ3v) is 1.60. The first-order valence-corrected chi connectivity index (χ1v) is 3.84. The van der Waals surface area contributed by atoms with Gasteiger partial charge >= 0.3 is 0 Å². The fourth-order valence-electron chi connectivity index (χ4n) is 0.901. The van der Waals surface area contributed by atoms with Gasteiger partial charge in [-0.1, -0.05) is 6.58 Å². The summed E-state index contributed by atoms with van der Waals surface area (Å²) < 4.78 is 4.94. The second-order valence-electron chi connectivity index (χ2n) is 2.72. The minimum atomic E-state index is -0.105. The summed E-state index contributed by atoms with van der Waals surface area (Å²) in [5.74, 6) is 0.471. The Balaban J connectivity index is 3.02. The largest absolute Gasteiger partial charge is 0.495 e. The molecule has 1 aromatic heterocycles. The standard InChI is InChI=1S/C10H11NO2/c1-7(2)10(12)8-4-9(13-3)6-11-5-8/h4-6H,1H2,2-3H3. The van der Waals surface area contributed by atoms with Crippen molar-refractivity contribution in [2.24, 2.45) is 0 Å². The van der Waals surface area contributed by atoms with Crippen molar-refractivity contribution in [3.05, 3.63) is 36.2 Å². The minimum Gasteiger partial charge on any atom is -0.495 e. The van der Waals surface area contributed by atoms with Gasteiger partial charge in [0.2, 0.25) is 0 Å². The van der Waals surface area contributed by atoms with Crippen molar-refractivity contribution in [1.82, 2.24) is 4.98 Å². The Hall–Kier alpha value is -1.64. The molecule has 0 atom stereocenters. The van der Waals surface area contributed by atoms with Crippen molar-refractivity contribution < 1.29 is 9.53 Å². The van der Waals surface area contributed by atoms with Gasteiger partial charge in [0.05, 0.1) is 13.3 Å². The van der Waals surface area contributed by atoms with Crippen LogP contribution in [0.4, 0.5) is 0 Å². The molecule has 0 saturated heterocycles. The lowest BCUT2D eigenvalue weighted by Gasteiger charge is -2.01. The van der Waals surface area contributed by atoms with E-state index < -0.39 is 0 Å². The van der Waals surface area contributed by atoms with Crippen LogP contribution in [0.5, 0.6) is 5.75 Å². The van der Waals surface area contributed by atoms with Crippen LogP contribution in [0.15, 0.2) is 30.6 Å². The molecule has 1 heterocycles. The Morgan fingerprint density at radius 1 is 1.54 bits per heavy atom. The molecule has 0 aliphatic heterocycles. The molecule has 0 spiro atoms. The second-order valence-corrected chi connectivity index (χ2v) is 2.72. The maximum atomic E-state index is 11.4. The van der Waals surface area contributed by atoms with Crippen LogP contribution in [0.25, 0.3) is 0 Å². The molecule has 0 fully saturated rings. The number of ether oxygens (including phenoxy) is 1. The zero-order valence-electron chi connectivity index (χ0n) is 7.70. The van der Waals surface area contributed by atoms with Gasteiger partial charge in [0, 0.05) is 11.8 Å². The van der Waals surface area contributed by atoms with Crippen LogP contribution in [0.1, 0.15) is 17.3 Å². The molecule has 68 valence electrons. The predicted octanol–water partition coefficient (Wildman–Crippen LogP) is 1.85. The second kappa shape index (κ2) is 3.85. The lowest BCUT2D eigenvalue weighted by Crippen LogP contribution is -2.00. The van der Waals surface area contributed by atoms with Crippen LogP contribution in [0.2, 0.25) is 0 Å². The smallest absolute Gasteiger partial charge is 0.189 e. The summed E-state index contributed by atoms with van der Waals surface area (Å²) in [7, 11) is 1.53. The van der Waals surface area contributed by atoms with Crippen molar-refractivity contribution in [3.8, 4) is 5.75 Å². The van der Waals surface area contributed by atoms with Crippen LogP contribution in [0, 0.1) is 0 Å². The highest BCUT2D eigenvalue weighted by Crippen LogP contribution is 2.12. The monoisotopic (exact) mass is 177 g/mol. The lowest BCUT2D eigenvalue weighted by atomic mass is 10.1. The summed E-state index contributed by atoms with van der Waals surface area (Å²) >= 11 is 0. The molecule has 0 aromatic carbocycles. The molecule has 3 heteroatoms. The number of carbonyl (C=O) groups excluding carboxylic acids is 1. The number of carbonyl (C=O) groups is 1. The molecular formula is C10H11NO2. The van der Waals surface area contributed by atoms with Gasteiger partial charge < -0.3 is 4.74 Å². The first-order chi connectivity index (χ1) is 6.15. The highest BCUT2D eigenvalue weighted by atomic mass is 16.5. The summed E-state index contributed by atoms with van der Waals surface area (Å²) in [6, 6.07) is 1.64. The van der Waals surface area contributed by atoms with Crippen LogP contribution >= 0.6 is 0 Å². The van der Waals surface area contributed by atoms with Crippen molar-refractivity contribution in [2.45, 2.75) is 6.92 Å². The number of aromatic nitrogens is 1. The van der Waals surface area contributed by atoms with Crippen molar-refractivity contribution in [3.63, 3.8) is 0 Å². The number of nitrogens with zero attached hydrogens (tertiary/aromatic N) is 1. The molecule has 0 radical (unpaired) electrons. The number of hydrogen-bond acceptors (Lipinski definition) is 3. The zero-order valence-corrected chi connectivity index (χ0v) is 7.70. The number of allylic oxidation sites excluding steroid dienone is 1. The van der Waals surface area contributed by atoms with Crippen LogP contribution in [0.3, 0.4) is 0 Å². The van der Waals surface area contributed by atoms with Crippen molar-refractivity contribution in [2.75, 3.05) is 7.11 Å². The Morgan fingerprint density at radius 2 is 2.23 bits per heavy atom. The molecule has 0 bridgehead atoms. The third kappa shape index (κ3) is 2.15. The van der Waals surface area contributed by atoms with E-state index in [0.29, 0.717) is 16.9 Å². The van der Waals surface area contributed by atoms with E-state index in [4.69, 9.17) is 4.74 Å². The van der Waals surface area contributed by atoms with Gasteiger partial charge in [0.15, 0.2) is 5.78 Å². The van der Waals surface area contributed by atoms with E-state index in [2.05, 4.69) is 11.6 Å². The number of methoxy groups -OCH3 is 1. The van der Waals surface area contributed by atoms with Gasteiger partial charge in [0.1, 0.15) is 5.75 Å². The Labute approximate surface area is 77.1 Å². The molecule has 0 saturated carbocycles. The Kier molecular flexibility index (Phi) is 2.80. The molecule has 3 nitrogen and oxygen atoms in total. The number of Topliss-reactive ketones (excluding diaryl/α,β-unsaturated/α-hetero) is 1. The van der Waals surface area contributed by atoms with E-state index in [0.717, 1.165) is 0 Å². The predicted molar refractivity (Wildman–Crippen MR) is 49.9 cm³/mol. The van der Waals surface area contributed by atoms with Gasteiger partial charge in [-0.15, -0.1) is 0 Å². The van der Waals surface area contributed by atoms with E-state index in [1.807, 2.05) is 0 Å². The quantitative estimate of drug-likeness (QED) is 0.522. The molecule has 0 aliphatic rings. The average molecular weight is 177 g/mol. The van der Waals surface area contributed by atoms with Gasteiger partial charge in [0.25, 0.3) is 0 Å². The van der Waals surface area contributed by atoms with E-state index in [-0.39, 0.29) is 5.78 Å². The molecule has 1 rings (SSSR count). The molecule has 0 N–H and O–H groups in total. The summed E-state index contributed by atoms with van der Waals surface area (Å²) in [6.45, 7) is 5.24. The van der Waals surface area contributed by atoms with Crippen LogP contribution in [-0.4, -0.2) is 17.9 Å². The fraction of sp³-hybridized carbons (Fsp3) is 0.200. The molecule has 1 aromatic rings. The molecule has 0 aliphatic carbocycles. The lowest BCUT2D eigenvalue weighted by molar-refractivity contribution is 0.103. The van der Waals surface area contributed by atoms with Crippen molar-refractivity contribution in [1.29, 1.82) is 0 Å². The highest BCUT2D eigenvalue weighted by molar-refractivity contribution is 6.07. The molecule has 0 amide bonds. The van der Waals surface area contributed by atoms with Crippen LogP contribution < -0.4 is 4.74 Å². The van der Waals surface area contributed by atoms with E-state index >= 15 is 0 Å². The topological polar surface area (TPSA) is 39.2 Å². The normalized spacial score (nSPS) is 9.38. The van der Waals surface area contributed by atoms with Gasteiger partial charge in [-0.2, -0.15) is 0 Å². The number of ketones is 1. The maximum Gasteiger partial charge on any atom is 0.189 e. The summed E-state index contributed by atoms with van der Waals surface area (Å²) in [4.78, 5) is 15.3. The minimum absolute atomic E-state index is 0.105. The average Bonchev–Trinajstić information content (AvgIpc) is 2.16. The Morgan fingerprint density at radius 3 is 2.77 bits per heavy atom. The molecular weight excluding hydrogens is 166 g/mol. The highest BCUT2D eigenvalue weighted by Gasteiger charge is 2.07. The third-order valence-electron chi connectivity index (χ3n) is 1.60. The molecule has 13 heavy (non-hydrogen) atoms. The first-order valence-electron chi connectivity index (χ1n) is 3.84. The van der Waals surface area contributed by atoms with E-state index in [9.17, 15) is 4.79 Å². The first kappa shape index (κ1) is 9.45. The summed E-state index contributed by atoms with van der Waals surface area (Å²) in [6.07, 6.45) is 3.05. The van der Waals surface area contributed by atoms with Crippen molar-refractivity contribution >= 4 is 5.78 Å².